The van der Waals surface area contributed by atoms with Crippen LogP contribution in [0.1, 0.15) is 36.8 Å². The van der Waals surface area contributed by atoms with Crippen LogP contribution in [0.5, 0.6) is 11.5 Å². The first-order valence-corrected chi connectivity index (χ1v) is 11.6. The summed E-state index contributed by atoms with van der Waals surface area (Å²) in [6.07, 6.45) is 1.39. The summed E-state index contributed by atoms with van der Waals surface area (Å²) in [5, 5.41) is 2.69. The fourth-order valence-corrected chi connectivity index (χ4v) is 4.55. The maximum Gasteiger partial charge on any atom is 0.262 e. The van der Waals surface area contributed by atoms with Crippen LogP contribution in [0.4, 0.5) is 15.8 Å². The number of ether oxygens (including phenoxy) is 1. The first kappa shape index (κ1) is 23.1. The molecule has 174 valence electrons. The Morgan fingerprint density at radius 3 is 2.44 bits per heavy atom. The Morgan fingerprint density at radius 2 is 1.76 bits per heavy atom. The average Bonchev–Trinajstić information content (AvgIpc) is 3.11. The van der Waals surface area contributed by atoms with Gasteiger partial charge in [-0.05, 0) is 50.2 Å². The van der Waals surface area contributed by atoms with Crippen molar-refractivity contribution in [1.82, 2.24) is 4.98 Å². The Balaban J connectivity index is 1.58. The largest absolute Gasteiger partial charge is 0.457 e. The van der Waals surface area contributed by atoms with Crippen molar-refractivity contribution in [3.63, 3.8) is 0 Å². The molecule has 0 bridgehead atoms. The number of pyridine rings is 1. The summed E-state index contributed by atoms with van der Waals surface area (Å²) >= 11 is 0. The van der Waals surface area contributed by atoms with Crippen molar-refractivity contribution in [1.29, 1.82) is 0 Å². The number of carbonyl (C=O) groups is 2. The van der Waals surface area contributed by atoms with E-state index in [4.69, 9.17) is 4.74 Å². The lowest BCUT2D eigenvalue weighted by Gasteiger charge is -2.12. The second kappa shape index (κ2) is 8.71. The number of allylic oxidation sites excluding steroid dienone is 1. The van der Waals surface area contributed by atoms with Gasteiger partial charge >= 0.3 is 0 Å². The molecule has 0 unspecified atom stereocenters. The molecule has 1 amide bonds. The normalized spacial score (nSPS) is 12.7. The molecule has 1 aliphatic rings. The van der Waals surface area contributed by atoms with E-state index in [1.165, 1.54) is 55.6 Å². The van der Waals surface area contributed by atoms with Crippen molar-refractivity contribution in [2.24, 2.45) is 0 Å². The number of hydrogen-bond acceptors (Lipinski definition) is 6. The second-order valence-electron chi connectivity index (χ2n) is 7.82. The lowest BCUT2D eigenvalue weighted by atomic mass is 10.0. The molecule has 0 atom stereocenters. The molecule has 3 aromatic rings. The van der Waals surface area contributed by atoms with Crippen LogP contribution >= 0.6 is 0 Å². The minimum absolute atomic E-state index is 0.108. The van der Waals surface area contributed by atoms with Crippen LogP contribution in [-0.2, 0) is 14.8 Å². The molecule has 2 aromatic carbocycles. The molecular formula is C24H20FN3O5S. The summed E-state index contributed by atoms with van der Waals surface area (Å²) in [6, 6.07) is 10.8. The van der Waals surface area contributed by atoms with Gasteiger partial charge in [-0.3, -0.25) is 19.3 Å². The Hall–Kier alpha value is -4.05. The summed E-state index contributed by atoms with van der Waals surface area (Å²) in [6.45, 7) is 4.88. The number of ketones is 1. The van der Waals surface area contributed by atoms with E-state index < -0.39 is 15.8 Å². The highest BCUT2D eigenvalue weighted by molar-refractivity contribution is 7.92. The second-order valence-corrected chi connectivity index (χ2v) is 9.50. The maximum absolute atomic E-state index is 14.7. The molecular weight excluding hydrogens is 461 g/mol. The number of halogens is 1. The zero-order chi connectivity index (χ0) is 24.6. The van der Waals surface area contributed by atoms with Gasteiger partial charge in [0.1, 0.15) is 17.2 Å². The maximum atomic E-state index is 14.7. The Kier molecular flexibility index (Phi) is 5.92. The minimum atomic E-state index is -4.15. The third-order valence-electron chi connectivity index (χ3n) is 5.06. The average molecular weight is 482 g/mol. The quantitative estimate of drug-likeness (QED) is 0.388. The molecule has 2 N–H and O–H groups in total. The summed E-state index contributed by atoms with van der Waals surface area (Å²) in [5.74, 6) is -1.01. The molecule has 0 aliphatic carbocycles. The third-order valence-corrected chi connectivity index (χ3v) is 6.42. The zero-order valence-electron chi connectivity index (χ0n) is 18.5. The van der Waals surface area contributed by atoms with Gasteiger partial charge in [-0.1, -0.05) is 5.57 Å². The van der Waals surface area contributed by atoms with Gasteiger partial charge in [0.15, 0.2) is 11.6 Å². The topological polar surface area (TPSA) is 114 Å². The first-order valence-electron chi connectivity index (χ1n) is 10.2. The van der Waals surface area contributed by atoms with E-state index in [0.717, 1.165) is 11.6 Å². The molecule has 0 fully saturated rings. The van der Waals surface area contributed by atoms with E-state index >= 15 is 0 Å². The van der Waals surface area contributed by atoms with Crippen molar-refractivity contribution in [3.8, 4) is 11.5 Å². The van der Waals surface area contributed by atoms with Crippen LogP contribution in [-0.4, -0.2) is 25.1 Å². The van der Waals surface area contributed by atoms with Crippen LogP contribution in [0.3, 0.4) is 0 Å². The molecule has 2 heterocycles. The molecule has 1 aromatic heterocycles. The number of nitrogens with zero attached hydrogens (tertiary/aromatic N) is 1. The lowest BCUT2D eigenvalue weighted by Crippen LogP contribution is -2.14. The van der Waals surface area contributed by atoms with Gasteiger partial charge in [-0.25, -0.2) is 12.8 Å². The zero-order valence-corrected chi connectivity index (χ0v) is 19.3. The van der Waals surface area contributed by atoms with Crippen molar-refractivity contribution in [2.45, 2.75) is 25.7 Å². The Morgan fingerprint density at radius 1 is 1.03 bits per heavy atom. The van der Waals surface area contributed by atoms with Gasteiger partial charge in [0.05, 0.1) is 10.6 Å². The minimum Gasteiger partial charge on any atom is -0.457 e. The van der Waals surface area contributed by atoms with Crippen molar-refractivity contribution in [2.75, 3.05) is 10.0 Å². The number of hydrogen-bond donors (Lipinski definition) is 2. The number of benzene rings is 2. The molecule has 34 heavy (non-hydrogen) atoms. The summed E-state index contributed by atoms with van der Waals surface area (Å²) in [5.41, 5.74) is 2.05. The highest BCUT2D eigenvalue weighted by Crippen LogP contribution is 2.36. The van der Waals surface area contributed by atoms with E-state index in [0.29, 0.717) is 16.8 Å². The number of fused-ring (bicyclic) bond motifs is 1. The van der Waals surface area contributed by atoms with Gasteiger partial charge < -0.3 is 10.1 Å². The van der Waals surface area contributed by atoms with Crippen LogP contribution < -0.4 is 14.8 Å². The summed E-state index contributed by atoms with van der Waals surface area (Å²) in [7, 11) is -4.15. The van der Waals surface area contributed by atoms with E-state index in [9.17, 15) is 22.4 Å². The van der Waals surface area contributed by atoms with Gasteiger partial charge in [0.25, 0.3) is 15.9 Å². The van der Waals surface area contributed by atoms with Crippen LogP contribution in [0.2, 0.25) is 0 Å². The first-order chi connectivity index (χ1) is 16.0. The monoisotopic (exact) mass is 481 g/mol. The van der Waals surface area contributed by atoms with Crippen LogP contribution in [0, 0.1) is 5.82 Å². The highest BCUT2D eigenvalue weighted by atomic mass is 32.2. The lowest BCUT2D eigenvalue weighted by molar-refractivity contribution is -0.110. The molecule has 0 radical (unpaired) electrons. The van der Waals surface area contributed by atoms with Crippen LogP contribution in [0.15, 0.2) is 65.2 Å². The molecule has 8 nitrogen and oxygen atoms in total. The van der Waals surface area contributed by atoms with E-state index in [2.05, 4.69) is 15.0 Å². The number of aromatic nitrogens is 1. The fourth-order valence-electron chi connectivity index (χ4n) is 3.46. The smallest absolute Gasteiger partial charge is 0.262 e. The van der Waals surface area contributed by atoms with Gasteiger partial charge in [-0.15, -0.1) is 0 Å². The van der Waals surface area contributed by atoms with E-state index in [1.807, 2.05) is 0 Å². The van der Waals surface area contributed by atoms with Crippen molar-refractivity contribution in [3.05, 3.63) is 77.4 Å². The van der Waals surface area contributed by atoms with Gasteiger partial charge in [0, 0.05) is 42.1 Å². The number of Topliss-reactive ketones (excluding diaryl/α,β-unsaturated/α-hetero) is 1. The summed E-state index contributed by atoms with van der Waals surface area (Å²) < 4.78 is 48.3. The van der Waals surface area contributed by atoms with Gasteiger partial charge in [-0.2, -0.15) is 0 Å². The number of nitrogens with one attached hydrogen (secondary N) is 2. The molecule has 0 spiro atoms. The predicted octanol–water partition coefficient (Wildman–Crippen LogP) is 4.76. The van der Waals surface area contributed by atoms with E-state index in [-0.39, 0.29) is 39.5 Å². The van der Waals surface area contributed by atoms with Crippen molar-refractivity contribution >= 4 is 38.7 Å². The van der Waals surface area contributed by atoms with E-state index in [1.54, 1.807) is 13.8 Å². The fraction of sp³-hybridized carbons (Fsp3) is 0.125. The molecule has 10 heteroatoms. The van der Waals surface area contributed by atoms with Crippen LogP contribution in [0.25, 0.3) is 5.57 Å². The van der Waals surface area contributed by atoms with Gasteiger partial charge in [0.2, 0.25) is 0 Å². The SMILES string of the molecule is CC(=O)c1cc(Oc2ccc(NS(=O)(=O)c3ccc4c(c3)C(=C(C)C)C(=O)N4)c(F)c2)ccn1. The molecule has 0 saturated carbocycles. The molecule has 4 rings (SSSR count). The number of amides is 1. The van der Waals surface area contributed by atoms with Crippen molar-refractivity contribution < 1.29 is 27.1 Å². The number of anilines is 2. The number of rotatable bonds is 6. The predicted molar refractivity (Wildman–Crippen MR) is 125 cm³/mol. The molecule has 1 aliphatic heterocycles. The summed E-state index contributed by atoms with van der Waals surface area (Å²) in [4.78, 5) is 27.4. The number of carbonyl (C=O) groups excluding carboxylic acids is 2. The standard InChI is InChI=1S/C24H20FN3O5S/c1-13(2)23-18-12-17(5-7-20(18)27-24(23)30)34(31,32)28-21-6-4-15(10-19(21)25)33-16-8-9-26-22(11-16)14(3)29/h4-12,28H,1-3H3,(H,27,30). The molecule has 0 saturated heterocycles. The Bertz CT molecular complexity index is 1480. The number of sulfonamides is 1. The Labute approximate surface area is 195 Å². The third kappa shape index (κ3) is 4.53. The highest BCUT2D eigenvalue weighted by Gasteiger charge is 2.27.